The third-order valence-electron chi connectivity index (χ3n) is 5.36. The first kappa shape index (κ1) is 21.2. The van der Waals surface area contributed by atoms with Crippen molar-refractivity contribution in [2.75, 3.05) is 11.9 Å². The zero-order valence-electron chi connectivity index (χ0n) is 17.8. The summed E-state index contributed by atoms with van der Waals surface area (Å²) in [6.07, 6.45) is 3.28. The highest BCUT2D eigenvalue weighted by Gasteiger charge is 2.19. The summed E-state index contributed by atoms with van der Waals surface area (Å²) in [5.74, 6) is 0.823. The van der Waals surface area contributed by atoms with Crippen LogP contribution >= 0.6 is 12.2 Å². The molecule has 1 unspecified atom stereocenters. The molecule has 4 nitrogen and oxygen atoms in total. The Hall–Kier alpha value is -2.53. The third-order valence-corrected chi connectivity index (χ3v) is 5.70. The van der Waals surface area contributed by atoms with Crippen LogP contribution in [0.3, 0.4) is 0 Å². The summed E-state index contributed by atoms with van der Waals surface area (Å²) >= 11 is 5.85. The van der Waals surface area contributed by atoms with Gasteiger partial charge in [0, 0.05) is 36.2 Å². The van der Waals surface area contributed by atoms with E-state index in [9.17, 15) is 0 Å². The van der Waals surface area contributed by atoms with E-state index in [4.69, 9.17) is 17.0 Å². The number of aryl methyl sites for hydroxylation is 1. The summed E-state index contributed by atoms with van der Waals surface area (Å²) in [5.41, 5.74) is 3.48. The normalized spacial score (nSPS) is 12.0. The van der Waals surface area contributed by atoms with E-state index in [0.717, 1.165) is 36.1 Å². The molecule has 3 rings (SSSR count). The first-order chi connectivity index (χ1) is 14.1. The van der Waals surface area contributed by atoms with Crippen molar-refractivity contribution in [3.8, 4) is 5.75 Å². The molecule has 0 bridgehead atoms. The number of nitrogens with one attached hydrogen (secondary N) is 1. The zero-order chi connectivity index (χ0) is 20.8. The summed E-state index contributed by atoms with van der Waals surface area (Å²) in [6.45, 7) is 10.9. The lowest BCUT2D eigenvalue weighted by Crippen LogP contribution is -2.40. The number of ether oxygens (including phenoxy) is 1. The number of hydrogen-bond acceptors (Lipinski definition) is 2. The molecule has 1 aromatic heterocycles. The van der Waals surface area contributed by atoms with Gasteiger partial charge in [-0.25, -0.2) is 0 Å². The number of para-hydroxylation sites is 3. The highest BCUT2D eigenvalue weighted by molar-refractivity contribution is 7.80. The fraction of sp³-hybridized carbons (Fsp3) is 0.375. The number of rotatable bonds is 8. The Bertz CT molecular complexity index is 966. The van der Waals surface area contributed by atoms with Gasteiger partial charge in [0.1, 0.15) is 5.75 Å². The van der Waals surface area contributed by atoms with Gasteiger partial charge in [0.2, 0.25) is 0 Å². The van der Waals surface area contributed by atoms with Gasteiger partial charge in [-0.05, 0) is 63.2 Å². The molecule has 0 fully saturated rings. The van der Waals surface area contributed by atoms with Gasteiger partial charge >= 0.3 is 0 Å². The predicted octanol–water partition coefficient (Wildman–Crippen LogP) is 6.06. The average Bonchev–Trinajstić information content (AvgIpc) is 3.10. The van der Waals surface area contributed by atoms with Crippen LogP contribution in [0.15, 0.2) is 54.7 Å². The van der Waals surface area contributed by atoms with Gasteiger partial charge in [0.05, 0.1) is 12.3 Å². The lowest BCUT2D eigenvalue weighted by molar-refractivity contribution is 0.319. The minimum absolute atomic E-state index is 0.318. The van der Waals surface area contributed by atoms with Crippen molar-refractivity contribution < 1.29 is 4.74 Å². The Labute approximate surface area is 179 Å². The lowest BCUT2D eigenvalue weighted by Gasteiger charge is -2.31. The molecule has 0 saturated heterocycles. The van der Waals surface area contributed by atoms with Crippen LogP contribution in [-0.2, 0) is 13.1 Å². The number of benzene rings is 2. The molecule has 0 aliphatic carbocycles. The van der Waals surface area contributed by atoms with E-state index in [1.54, 1.807) is 0 Å². The first-order valence-corrected chi connectivity index (χ1v) is 10.9. The van der Waals surface area contributed by atoms with Crippen LogP contribution in [0.2, 0.25) is 0 Å². The molecule has 0 amide bonds. The van der Waals surface area contributed by atoms with E-state index in [-0.39, 0.29) is 0 Å². The average molecular weight is 410 g/mol. The largest absolute Gasteiger partial charge is 0.492 e. The Balaban J connectivity index is 1.89. The standard InChI is InChI=1S/C24H31N3OS/c1-5-18(4)27(24(29)25-21-13-9-11-15-23(21)28-7-3)17-19-16-26(6-2)22-14-10-8-12-20(19)22/h8-16,18H,5-7,17H2,1-4H3,(H,25,29). The maximum Gasteiger partial charge on any atom is 0.174 e. The smallest absolute Gasteiger partial charge is 0.174 e. The minimum Gasteiger partial charge on any atom is -0.492 e. The Morgan fingerprint density at radius 1 is 1.10 bits per heavy atom. The van der Waals surface area contributed by atoms with Crippen molar-refractivity contribution in [2.45, 2.75) is 53.2 Å². The zero-order valence-corrected chi connectivity index (χ0v) is 18.6. The number of aromatic nitrogens is 1. The number of nitrogens with zero attached hydrogens (tertiary/aromatic N) is 2. The van der Waals surface area contributed by atoms with Gasteiger partial charge < -0.3 is 19.5 Å². The number of thiocarbonyl (C=S) groups is 1. The van der Waals surface area contributed by atoms with E-state index in [1.165, 1.54) is 16.5 Å². The number of anilines is 1. The van der Waals surface area contributed by atoms with Crippen molar-refractivity contribution >= 4 is 33.9 Å². The Kier molecular flexibility index (Phi) is 7.15. The molecule has 1 atom stereocenters. The summed E-state index contributed by atoms with van der Waals surface area (Å²) in [5, 5.41) is 5.44. The third kappa shape index (κ3) is 4.73. The van der Waals surface area contributed by atoms with Crippen LogP contribution in [0.25, 0.3) is 10.9 Å². The molecule has 1 heterocycles. The maximum absolute atomic E-state index is 5.85. The van der Waals surface area contributed by atoms with Crippen molar-refractivity contribution in [1.82, 2.24) is 9.47 Å². The highest BCUT2D eigenvalue weighted by Crippen LogP contribution is 2.27. The van der Waals surface area contributed by atoms with Crippen molar-refractivity contribution in [2.24, 2.45) is 0 Å². The second-order valence-electron chi connectivity index (χ2n) is 7.20. The van der Waals surface area contributed by atoms with E-state index in [0.29, 0.717) is 12.6 Å². The first-order valence-electron chi connectivity index (χ1n) is 10.4. The van der Waals surface area contributed by atoms with Crippen LogP contribution in [0, 0.1) is 0 Å². The van der Waals surface area contributed by atoms with Gasteiger partial charge in [-0.1, -0.05) is 37.3 Å². The number of fused-ring (bicyclic) bond motifs is 1. The van der Waals surface area contributed by atoms with Crippen LogP contribution in [0.4, 0.5) is 5.69 Å². The summed E-state index contributed by atoms with van der Waals surface area (Å²) < 4.78 is 8.06. The van der Waals surface area contributed by atoms with Gasteiger partial charge in [-0.3, -0.25) is 0 Å². The minimum atomic E-state index is 0.318. The molecule has 0 aliphatic heterocycles. The Morgan fingerprint density at radius 2 is 1.83 bits per heavy atom. The van der Waals surface area contributed by atoms with Crippen LogP contribution in [0.1, 0.15) is 39.7 Å². The molecule has 3 aromatic rings. The monoisotopic (exact) mass is 409 g/mol. The summed E-state index contributed by atoms with van der Waals surface area (Å²) in [4.78, 5) is 2.28. The summed E-state index contributed by atoms with van der Waals surface area (Å²) in [6, 6.07) is 16.9. The fourth-order valence-corrected chi connectivity index (χ4v) is 3.93. The predicted molar refractivity (Wildman–Crippen MR) is 127 cm³/mol. The molecule has 0 saturated carbocycles. The van der Waals surface area contributed by atoms with Crippen molar-refractivity contribution in [1.29, 1.82) is 0 Å². The fourth-order valence-electron chi connectivity index (χ4n) is 3.58. The van der Waals surface area contributed by atoms with Gasteiger partial charge in [-0.2, -0.15) is 0 Å². The molecule has 1 N–H and O–H groups in total. The molecule has 0 radical (unpaired) electrons. The van der Waals surface area contributed by atoms with Crippen molar-refractivity contribution in [3.63, 3.8) is 0 Å². The molecular weight excluding hydrogens is 378 g/mol. The molecule has 0 spiro atoms. The number of hydrogen-bond donors (Lipinski definition) is 1. The van der Waals surface area contributed by atoms with Crippen molar-refractivity contribution in [3.05, 3.63) is 60.3 Å². The molecule has 2 aromatic carbocycles. The van der Waals surface area contributed by atoms with Gasteiger partial charge in [-0.15, -0.1) is 0 Å². The SMILES string of the molecule is CCOc1ccccc1NC(=S)N(Cc1cn(CC)c2ccccc12)C(C)CC. The molecule has 154 valence electrons. The summed E-state index contributed by atoms with van der Waals surface area (Å²) in [7, 11) is 0. The highest BCUT2D eigenvalue weighted by atomic mass is 32.1. The van der Waals surface area contributed by atoms with Crippen LogP contribution in [-0.4, -0.2) is 27.2 Å². The maximum atomic E-state index is 5.85. The van der Waals surface area contributed by atoms with Crippen LogP contribution < -0.4 is 10.1 Å². The second kappa shape index (κ2) is 9.79. The van der Waals surface area contributed by atoms with E-state index in [2.05, 4.69) is 66.0 Å². The lowest BCUT2D eigenvalue weighted by atomic mass is 10.1. The van der Waals surface area contributed by atoms with E-state index >= 15 is 0 Å². The Morgan fingerprint density at radius 3 is 2.55 bits per heavy atom. The topological polar surface area (TPSA) is 29.4 Å². The van der Waals surface area contributed by atoms with Gasteiger partial charge in [0.25, 0.3) is 0 Å². The van der Waals surface area contributed by atoms with E-state index in [1.807, 2.05) is 31.2 Å². The quantitative estimate of drug-likeness (QED) is 0.458. The molecule has 29 heavy (non-hydrogen) atoms. The molecule has 0 aliphatic rings. The van der Waals surface area contributed by atoms with Crippen LogP contribution in [0.5, 0.6) is 5.75 Å². The molecular formula is C24H31N3OS. The molecule has 5 heteroatoms. The second-order valence-corrected chi connectivity index (χ2v) is 7.59. The van der Waals surface area contributed by atoms with E-state index < -0.39 is 0 Å². The van der Waals surface area contributed by atoms with Gasteiger partial charge in [0.15, 0.2) is 5.11 Å².